The van der Waals surface area contributed by atoms with E-state index >= 15 is 0 Å². The van der Waals surface area contributed by atoms with Crippen molar-refractivity contribution in [1.29, 1.82) is 0 Å². The average molecular weight is 309 g/mol. The molecule has 22 heavy (non-hydrogen) atoms. The minimum atomic E-state index is -0.897. The van der Waals surface area contributed by atoms with Gasteiger partial charge in [-0.3, -0.25) is 4.79 Å². The number of amides is 2. The fraction of sp³-hybridized carbons (Fsp3) is 0.875. The number of rotatable bonds is 3. The van der Waals surface area contributed by atoms with Crippen molar-refractivity contribution in [3.05, 3.63) is 0 Å². The summed E-state index contributed by atoms with van der Waals surface area (Å²) in [6.07, 6.45) is 6.38. The van der Waals surface area contributed by atoms with Gasteiger partial charge in [0, 0.05) is 38.1 Å². The predicted octanol–water partition coefficient (Wildman–Crippen LogP) is 1.61. The molecule has 3 aliphatic heterocycles. The van der Waals surface area contributed by atoms with Gasteiger partial charge in [0.1, 0.15) is 0 Å². The first-order valence-corrected chi connectivity index (χ1v) is 8.66. The Kier molecular flexibility index (Phi) is 4.86. The summed E-state index contributed by atoms with van der Waals surface area (Å²) in [5.41, 5.74) is 0. The zero-order valence-electron chi connectivity index (χ0n) is 13.2. The molecule has 1 N–H and O–H groups in total. The molecule has 2 amide bonds. The van der Waals surface area contributed by atoms with Gasteiger partial charge >= 0.3 is 6.09 Å². The highest BCUT2D eigenvalue weighted by molar-refractivity contribution is 5.79. The van der Waals surface area contributed by atoms with Gasteiger partial charge in [-0.2, -0.15) is 0 Å². The highest BCUT2D eigenvalue weighted by Crippen LogP contribution is 2.30. The third-order valence-electron chi connectivity index (χ3n) is 5.43. The Labute approximate surface area is 132 Å². The lowest BCUT2D eigenvalue weighted by Crippen LogP contribution is -2.44. The first kappa shape index (κ1) is 15.6. The molecule has 124 valence electrons. The van der Waals surface area contributed by atoms with E-state index in [2.05, 4.69) is 4.90 Å². The SMILES string of the molecule is O=C(O)N1CCC(=O)N2[C@@H](CCN3CCCCC3)CC[C@H]2C1. The van der Waals surface area contributed by atoms with Gasteiger partial charge in [0.15, 0.2) is 0 Å². The van der Waals surface area contributed by atoms with Crippen molar-refractivity contribution >= 4 is 12.0 Å². The van der Waals surface area contributed by atoms with Crippen molar-refractivity contribution in [1.82, 2.24) is 14.7 Å². The summed E-state index contributed by atoms with van der Waals surface area (Å²) in [5, 5.41) is 9.20. The summed E-state index contributed by atoms with van der Waals surface area (Å²) >= 11 is 0. The maximum absolute atomic E-state index is 12.4. The van der Waals surface area contributed by atoms with E-state index in [9.17, 15) is 14.7 Å². The van der Waals surface area contributed by atoms with Gasteiger partial charge < -0.3 is 19.8 Å². The van der Waals surface area contributed by atoms with Gasteiger partial charge in [0.25, 0.3) is 0 Å². The lowest BCUT2D eigenvalue weighted by Gasteiger charge is -2.32. The molecule has 0 unspecified atom stereocenters. The Balaban J connectivity index is 1.58. The van der Waals surface area contributed by atoms with Crippen LogP contribution in [0.4, 0.5) is 4.79 Å². The molecule has 3 fully saturated rings. The van der Waals surface area contributed by atoms with Crippen molar-refractivity contribution in [2.75, 3.05) is 32.7 Å². The molecule has 3 rings (SSSR count). The maximum atomic E-state index is 12.4. The number of hydrogen-bond acceptors (Lipinski definition) is 3. The molecule has 3 saturated heterocycles. The summed E-state index contributed by atoms with van der Waals surface area (Å²) in [6.45, 7) is 4.29. The van der Waals surface area contributed by atoms with Crippen LogP contribution in [0.1, 0.15) is 44.9 Å². The van der Waals surface area contributed by atoms with Crippen LogP contribution in [0.15, 0.2) is 0 Å². The van der Waals surface area contributed by atoms with Crippen molar-refractivity contribution < 1.29 is 14.7 Å². The van der Waals surface area contributed by atoms with E-state index in [-0.39, 0.29) is 11.9 Å². The third-order valence-corrected chi connectivity index (χ3v) is 5.43. The quantitative estimate of drug-likeness (QED) is 0.860. The second-order valence-corrected chi connectivity index (χ2v) is 6.86. The minimum Gasteiger partial charge on any atom is -0.465 e. The van der Waals surface area contributed by atoms with Crippen molar-refractivity contribution in [3.63, 3.8) is 0 Å². The monoisotopic (exact) mass is 309 g/mol. The molecule has 0 aromatic heterocycles. The van der Waals surface area contributed by atoms with Crippen molar-refractivity contribution in [2.24, 2.45) is 0 Å². The van der Waals surface area contributed by atoms with Crippen LogP contribution >= 0.6 is 0 Å². The topological polar surface area (TPSA) is 64.1 Å². The van der Waals surface area contributed by atoms with E-state index in [1.165, 1.54) is 37.3 Å². The first-order valence-electron chi connectivity index (χ1n) is 8.66. The molecular weight excluding hydrogens is 282 g/mol. The van der Waals surface area contributed by atoms with Crippen molar-refractivity contribution in [2.45, 2.75) is 57.0 Å². The number of carbonyl (C=O) groups is 2. The molecule has 6 heteroatoms. The van der Waals surface area contributed by atoms with Gasteiger partial charge in [-0.25, -0.2) is 4.79 Å². The molecule has 3 heterocycles. The Hall–Kier alpha value is -1.30. The van der Waals surface area contributed by atoms with Gasteiger partial charge in [-0.05, 0) is 45.2 Å². The minimum absolute atomic E-state index is 0.0949. The molecular formula is C16H27N3O3. The molecule has 0 aliphatic carbocycles. The van der Waals surface area contributed by atoms with Crippen LogP contribution in [0, 0.1) is 0 Å². The van der Waals surface area contributed by atoms with E-state index in [1.54, 1.807) is 0 Å². The lowest BCUT2D eigenvalue weighted by atomic mass is 10.1. The normalized spacial score (nSPS) is 30.3. The molecule has 0 aromatic rings. The fourth-order valence-corrected chi connectivity index (χ4v) is 4.22. The second kappa shape index (κ2) is 6.86. The van der Waals surface area contributed by atoms with E-state index in [4.69, 9.17) is 0 Å². The summed E-state index contributed by atoms with van der Waals surface area (Å²) in [5.74, 6) is 0.148. The summed E-state index contributed by atoms with van der Waals surface area (Å²) in [7, 11) is 0. The highest BCUT2D eigenvalue weighted by Gasteiger charge is 2.40. The maximum Gasteiger partial charge on any atom is 0.407 e. The smallest absolute Gasteiger partial charge is 0.407 e. The van der Waals surface area contributed by atoms with Crippen LogP contribution in [0.3, 0.4) is 0 Å². The Bertz CT molecular complexity index is 423. The van der Waals surface area contributed by atoms with Gasteiger partial charge in [-0.1, -0.05) is 6.42 Å². The molecule has 0 radical (unpaired) electrons. The van der Waals surface area contributed by atoms with E-state index in [0.29, 0.717) is 25.6 Å². The molecule has 0 aromatic carbocycles. The molecule has 2 atom stereocenters. The van der Waals surface area contributed by atoms with Gasteiger partial charge in [0.2, 0.25) is 5.91 Å². The molecule has 3 aliphatic rings. The summed E-state index contributed by atoms with van der Waals surface area (Å²) in [4.78, 5) is 29.6. The second-order valence-electron chi connectivity index (χ2n) is 6.86. The molecule has 6 nitrogen and oxygen atoms in total. The number of nitrogens with zero attached hydrogens (tertiary/aromatic N) is 3. The number of piperidine rings is 1. The van der Waals surface area contributed by atoms with Gasteiger partial charge in [-0.15, -0.1) is 0 Å². The highest BCUT2D eigenvalue weighted by atomic mass is 16.4. The first-order chi connectivity index (χ1) is 10.6. The number of hydrogen-bond donors (Lipinski definition) is 1. The zero-order valence-corrected chi connectivity index (χ0v) is 13.2. The molecule has 0 saturated carbocycles. The largest absolute Gasteiger partial charge is 0.465 e. The zero-order chi connectivity index (χ0) is 15.5. The number of fused-ring (bicyclic) bond motifs is 1. The third kappa shape index (κ3) is 3.37. The Morgan fingerprint density at radius 3 is 2.64 bits per heavy atom. The number of likely N-dealkylation sites (tertiary alicyclic amines) is 1. The van der Waals surface area contributed by atoms with E-state index in [0.717, 1.165) is 25.8 Å². The van der Waals surface area contributed by atoms with E-state index in [1.807, 2.05) is 4.90 Å². The van der Waals surface area contributed by atoms with Crippen LogP contribution in [0.2, 0.25) is 0 Å². The van der Waals surface area contributed by atoms with Crippen molar-refractivity contribution in [3.8, 4) is 0 Å². The van der Waals surface area contributed by atoms with Gasteiger partial charge in [0.05, 0.1) is 0 Å². The standard InChI is InChI=1S/C16H27N3O3/c20-15-7-11-18(16(21)22)12-14-5-4-13(19(14)15)6-10-17-8-2-1-3-9-17/h13-14H,1-12H2,(H,21,22)/t13-,14+/m1/s1. The van der Waals surface area contributed by atoms with Crippen LogP contribution in [0.5, 0.6) is 0 Å². The number of carbonyl (C=O) groups excluding carboxylic acids is 1. The average Bonchev–Trinajstić information content (AvgIpc) is 2.84. The predicted molar refractivity (Wildman–Crippen MR) is 82.8 cm³/mol. The summed E-state index contributed by atoms with van der Waals surface area (Å²) < 4.78 is 0. The molecule has 0 spiro atoms. The Morgan fingerprint density at radius 2 is 1.91 bits per heavy atom. The molecule has 0 bridgehead atoms. The van der Waals surface area contributed by atoms with Crippen LogP contribution < -0.4 is 0 Å². The Morgan fingerprint density at radius 1 is 1.14 bits per heavy atom. The summed E-state index contributed by atoms with van der Waals surface area (Å²) in [6, 6.07) is 0.408. The van der Waals surface area contributed by atoms with Crippen LogP contribution in [0.25, 0.3) is 0 Å². The lowest BCUT2D eigenvalue weighted by molar-refractivity contribution is -0.133. The number of carboxylic acid groups (broad SMARTS) is 1. The van der Waals surface area contributed by atoms with E-state index < -0.39 is 6.09 Å². The van der Waals surface area contributed by atoms with Crippen LogP contribution in [-0.4, -0.2) is 76.6 Å². The fourth-order valence-electron chi connectivity index (χ4n) is 4.22. The van der Waals surface area contributed by atoms with Crippen LogP contribution in [-0.2, 0) is 4.79 Å².